The summed E-state index contributed by atoms with van der Waals surface area (Å²) in [6.07, 6.45) is 4.19. The van der Waals surface area contributed by atoms with E-state index in [-0.39, 0.29) is 23.8 Å². The second-order valence-electron chi connectivity index (χ2n) is 9.70. The Kier molecular flexibility index (Phi) is 8.87. The van der Waals surface area contributed by atoms with Gasteiger partial charge in [-0.1, -0.05) is 80.9 Å². The first kappa shape index (κ1) is 25.5. The molecule has 3 rings (SSSR count). The van der Waals surface area contributed by atoms with E-state index >= 15 is 0 Å². The molecule has 1 fully saturated rings. The van der Waals surface area contributed by atoms with Gasteiger partial charge >= 0.3 is 0 Å². The van der Waals surface area contributed by atoms with Gasteiger partial charge in [-0.2, -0.15) is 5.26 Å². The van der Waals surface area contributed by atoms with Crippen LogP contribution in [0.3, 0.4) is 0 Å². The van der Waals surface area contributed by atoms with Gasteiger partial charge in [-0.15, -0.1) is 0 Å². The topological polar surface area (TPSA) is 73.2 Å². The van der Waals surface area contributed by atoms with Crippen molar-refractivity contribution >= 4 is 11.8 Å². The lowest BCUT2D eigenvalue weighted by atomic mass is 9.69. The number of carbonyl (C=O) groups excluding carboxylic acids is 2. The summed E-state index contributed by atoms with van der Waals surface area (Å²) in [5.41, 5.74) is 1.55. The molecule has 0 saturated carbocycles. The Balaban J connectivity index is 1.53. The number of hydrogen-bond donors (Lipinski definition) is 1. The van der Waals surface area contributed by atoms with Crippen LogP contribution in [0.2, 0.25) is 0 Å². The first-order valence-corrected chi connectivity index (χ1v) is 12.5. The molecule has 0 bridgehead atoms. The second kappa shape index (κ2) is 11.8. The third-order valence-corrected chi connectivity index (χ3v) is 7.22. The molecule has 1 aliphatic heterocycles. The smallest absolute Gasteiger partial charge is 0.243 e. The standard InChI is InChI=1S/C29H37N3O2/c1-22(2)29(21-30,25-15-8-5-9-16-25)19-11-10-18-27(33)32-20-12-17-26(32)28(34)31-23(3)24-13-6-4-7-14-24/h4-9,13-16,22-23,26H,10-12,17-20H2,1-3H3,(H,31,34)/t23-,26-,29?/m1/s1. The molecule has 0 spiro atoms. The Labute approximate surface area is 204 Å². The molecule has 5 heteroatoms. The van der Waals surface area contributed by atoms with Gasteiger partial charge in [0.1, 0.15) is 6.04 Å². The van der Waals surface area contributed by atoms with Gasteiger partial charge in [-0.3, -0.25) is 9.59 Å². The van der Waals surface area contributed by atoms with Crippen molar-refractivity contribution in [1.82, 2.24) is 10.2 Å². The Morgan fingerprint density at radius 2 is 1.71 bits per heavy atom. The molecule has 1 saturated heterocycles. The Morgan fingerprint density at radius 1 is 1.06 bits per heavy atom. The van der Waals surface area contributed by atoms with E-state index in [9.17, 15) is 14.9 Å². The number of unbranched alkanes of at least 4 members (excludes halogenated alkanes) is 1. The van der Waals surface area contributed by atoms with Gasteiger partial charge in [-0.05, 0) is 49.7 Å². The molecular formula is C29H37N3O2. The lowest BCUT2D eigenvalue weighted by molar-refractivity contribution is -0.138. The zero-order chi connectivity index (χ0) is 24.6. The summed E-state index contributed by atoms with van der Waals surface area (Å²) < 4.78 is 0. The third kappa shape index (κ3) is 5.86. The number of amides is 2. The van der Waals surface area contributed by atoms with Gasteiger partial charge in [0, 0.05) is 13.0 Å². The zero-order valence-electron chi connectivity index (χ0n) is 20.7. The Bertz CT molecular complexity index is 983. The molecule has 1 heterocycles. The van der Waals surface area contributed by atoms with Crippen LogP contribution in [0.4, 0.5) is 0 Å². The van der Waals surface area contributed by atoms with Crippen LogP contribution in [-0.4, -0.2) is 29.3 Å². The highest BCUT2D eigenvalue weighted by Crippen LogP contribution is 2.37. The number of rotatable bonds is 10. The van der Waals surface area contributed by atoms with Gasteiger partial charge < -0.3 is 10.2 Å². The van der Waals surface area contributed by atoms with Crippen molar-refractivity contribution in [2.45, 2.75) is 76.8 Å². The van der Waals surface area contributed by atoms with Gasteiger partial charge in [0.05, 0.1) is 17.5 Å². The van der Waals surface area contributed by atoms with Crippen LogP contribution in [0.1, 0.15) is 76.5 Å². The van der Waals surface area contributed by atoms with E-state index < -0.39 is 11.5 Å². The minimum atomic E-state index is -0.548. The van der Waals surface area contributed by atoms with Gasteiger partial charge in [0.2, 0.25) is 11.8 Å². The molecule has 2 aromatic carbocycles. The van der Waals surface area contributed by atoms with Crippen LogP contribution in [0, 0.1) is 17.2 Å². The van der Waals surface area contributed by atoms with Gasteiger partial charge in [0.15, 0.2) is 0 Å². The molecule has 5 nitrogen and oxygen atoms in total. The summed E-state index contributed by atoms with van der Waals surface area (Å²) >= 11 is 0. The number of nitrogens with zero attached hydrogens (tertiary/aromatic N) is 2. The van der Waals surface area contributed by atoms with Crippen LogP contribution in [0.15, 0.2) is 60.7 Å². The highest BCUT2D eigenvalue weighted by molar-refractivity contribution is 5.88. The Morgan fingerprint density at radius 3 is 2.32 bits per heavy atom. The highest BCUT2D eigenvalue weighted by atomic mass is 16.2. The quantitative estimate of drug-likeness (QED) is 0.475. The minimum absolute atomic E-state index is 0.0387. The number of carbonyl (C=O) groups is 2. The number of nitriles is 1. The molecule has 3 atom stereocenters. The number of likely N-dealkylation sites (tertiary alicyclic amines) is 1. The predicted octanol–water partition coefficient (Wildman–Crippen LogP) is 5.53. The lowest BCUT2D eigenvalue weighted by Crippen LogP contribution is -2.46. The van der Waals surface area contributed by atoms with Gasteiger partial charge in [0.25, 0.3) is 0 Å². The molecular weight excluding hydrogens is 422 g/mol. The van der Waals surface area contributed by atoms with Crippen molar-refractivity contribution in [2.75, 3.05) is 6.54 Å². The third-order valence-electron chi connectivity index (χ3n) is 7.22. The summed E-state index contributed by atoms with van der Waals surface area (Å²) in [5.74, 6) is 0.139. The normalized spacial score (nSPS) is 18.2. The van der Waals surface area contributed by atoms with Crippen LogP contribution in [0.5, 0.6) is 0 Å². The van der Waals surface area contributed by atoms with Gasteiger partial charge in [-0.25, -0.2) is 0 Å². The SMILES string of the molecule is CC(C)C(C#N)(CCCCC(=O)N1CCC[C@@H]1C(=O)N[C@H](C)c1ccccc1)c1ccccc1. The molecule has 0 radical (unpaired) electrons. The van der Waals surface area contributed by atoms with E-state index in [1.807, 2.05) is 67.6 Å². The van der Waals surface area contributed by atoms with Crippen molar-refractivity contribution in [2.24, 2.45) is 5.92 Å². The van der Waals surface area contributed by atoms with E-state index in [4.69, 9.17) is 0 Å². The maximum atomic E-state index is 13.0. The summed E-state index contributed by atoms with van der Waals surface area (Å²) in [6, 6.07) is 21.9. The van der Waals surface area contributed by atoms with E-state index in [1.165, 1.54) is 0 Å². The summed E-state index contributed by atoms with van der Waals surface area (Å²) in [7, 11) is 0. The monoisotopic (exact) mass is 459 g/mol. The molecule has 2 amide bonds. The van der Waals surface area contributed by atoms with Crippen molar-refractivity contribution in [1.29, 1.82) is 5.26 Å². The molecule has 1 aliphatic rings. The minimum Gasteiger partial charge on any atom is -0.348 e. The van der Waals surface area contributed by atoms with Crippen LogP contribution < -0.4 is 5.32 Å². The first-order valence-electron chi connectivity index (χ1n) is 12.5. The Hall–Kier alpha value is -3.13. The molecule has 34 heavy (non-hydrogen) atoms. The van der Waals surface area contributed by atoms with E-state index in [0.29, 0.717) is 25.8 Å². The fourth-order valence-corrected chi connectivity index (χ4v) is 5.05. The van der Waals surface area contributed by atoms with E-state index in [2.05, 4.69) is 25.2 Å². The molecule has 0 aliphatic carbocycles. The molecule has 1 unspecified atom stereocenters. The zero-order valence-corrected chi connectivity index (χ0v) is 20.7. The summed E-state index contributed by atoms with van der Waals surface area (Å²) in [5, 5.41) is 13.1. The molecule has 0 aromatic heterocycles. The number of benzene rings is 2. The maximum absolute atomic E-state index is 13.0. The van der Waals surface area contributed by atoms with E-state index in [0.717, 1.165) is 30.4 Å². The second-order valence-corrected chi connectivity index (χ2v) is 9.70. The summed E-state index contributed by atoms with van der Waals surface area (Å²) in [4.78, 5) is 27.7. The fourth-order valence-electron chi connectivity index (χ4n) is 5.05. The molecule has 2 aromatic rings. The highest BCUT2D eigenvalue weighted by Gasteiger charge is 2.36. The van der Waals surface area contributed by atoms with Crippen molar-refractivity contribution < 1.29 is 9.59 Å². The van der Waals surface area contributed by atoms with Crippen LogP contribution in [-0.2, 0) is 15.0 Å². The average Bonchev–Trinajstić information content (AvgIpc) is 3.35. The maximum Gasteiger partial charge on any atom is 0.243 e. The van der Waals surface area contributed by atoms with Crippen LogP contribution in [0.25, 0.3) is 0 Å². The predicted molar refractivity (Wildman–Crippen MR) is 135 cm³/mol. The summed E-state index contributed by atoms with van der Waals surface area (Å²) in [6.45, 7) is 6.78. The first-order chi connectivity index (χ1) is 16.4. The van der Waals surface area contributed by atoms with Crippen LogP contribution >= 0.6 is 0 Å². The average molecular weight is 460 g/mol. The van der Waals surface area contributed by atoms with E-state index in [1.54, 1.807) is 4.90 Å². The van der Waals surface area contributed by atoms with Crippen molar-refractivity contribution in [3.63, 3.8) is 0 Å². The fraction of sp³-hybridized carbons (Fsp3) is 0.483. The lowest BCUT2D eigenvalue weighted by Gasteiger charge is -2.31. The molecule has 180 valence electrons. The number of hydrogen-bond acceptors (Lipinski definition) is 3. The largest absolute Gasteiger partial charge is 0.348 e. The number of nitrogens with one attached hydrogen (secondary N) is 1. The van der Waals surface area contributed by atoms with Crippen molar-refractivity contribution in [3.8, 4) is 6.07 Å². The molecule has 1 N–H and O–H groups in total. The van der Waals surface area contributed by atoms with Crippen molar-refractivity contribution in [3.05, 3.63) is 71.8 Å².